The average molecular weight is 264 g/mol. The molecular weight excluding hydrogens is 240 g/mol. The van der Waals surface area contributed by atoms with Crippen LogP contribution in [0.2, 0.25) is 0 Å². The summed E-state index contributed by atoms with van der Waals surface area (Å²) in [6, 6.07) is 3.83. The number of hydrogen-bond acceptors (Lipinski definition) is 3. The maximum Gasteiger partial charge on any atom is 0.133 e. The van der Waals surface area contributed by atoms with Crippen LogP contribution >= 0.6 is 0 Å². The average Bonchev–Trinajstić information content (AvgIpc) is 2.79. The predicted octanol–water partition coefficient (Wildman–Crippen LogP) is 3.62. The Morgan fingerprint density at radius 2 is 2.32 bits per heavy atom. The van der Waals surface area contributed by atoms with E-state index in [9.17, 15) is 4.79 Å². The predicted molar refractivity (Wildman–Crippen MR) is 74.0 cm³/mol. The lowest BCUT2D eigenvalue weighted by Gasteiger charge is -2.36. The first-order valence-corrected chi connectivity index (χ1v) is 7.13. The van der Waals surface area contributed by atoms with E-state index in [0.29, 0.717) is 5.92 Å². The normalized spacial score (nSPS) is 24.1. The van der Waals surface area contributed by atoms with Crippen molar-refractivity contribution in [2.45, 2.75) is 52.1 Å². The molecule has 3 nitrogen and oxygen atoms in total. The van der Waals surface area contributed by atoms with E-state index in [1.165, 1.54) is 0 Å². The van der Waals surface area contributed by atoms with Gasteiger partial charge in [-0.25, -0.2) is 0 Å². The monoisotopic (exact) mass is 264 g/mol. The Hall–Kier alpha value is -1.09. The smallest absolute Gasteiger partial charge is 0.133 e. The minimum absolute atomic E-state index is 0.0467. The van der Waals surface area contributed by atoms with Crippen LogP contribution in [0.3, 0.4) is 0 Å². The number of Topliss-reactive ketones (excluding diaryl/α,β-unsaturated/α-hetero) is 1. The molecule has 0 bridgehead atoms. The second-order valence-corrected chi connectivity index (χ2v) is 6.29. The van der Waals surface area contributed by atoms with Crippen LogP contribution in [0.5, 0.6) is 0 Å². The number of ketones is 1. The van der Waals surface area contributed by atoms with Crippen molar-refractivity contribution in [1.29, 1.82) is 0 Å². The number of carbonyl (C=O) groups is 1. The zero-order valence-electron chi connectivity index (χ0n) is 12.1. The first-order chi connectivity index (χ1) is 8.96. The van der Waals surface area contributed by atoms with Gasteiger partial charge in [0.2, 0.25) is 0 Å². The topological polar surface area (TPSA) is 39.4 Å². The summed E-state index contributed by atoms with van der Waals surface area (Å²) in [7, 11) is 0. The molecule has 2 heterocycles. The van der Waals surface area contributed by atoms with Crippen LogP contribution in [0.15, 0.2) is 22.8 Å². The molecule has 1 saturated heterocycles. The largest absolute Gasteiger partial charge is 0.469 e. The van der Waals surface area contributed by atoms with Crippen LogP contribution in [0.25, 0.3) is 0 Å². The summed E-state index contributed by atoms with van der Waals surface area (Å²) in [6.45, 7) is 6.77. The summed E-state index contributed by atoms with van der Waals surface area (Å²) in [5, 5.41) is 0. The third kappa shape index (κ3) is 4.20. The summed E-state index contributed by atoms with van der Waals surface area (Å²) in [5.74, 6) is 1.82. The Kier molecular flexibility index (Phi) is 4.46. The van der Waals surface area contributed by atoms with Gasteiger partial charge in [0.05, 0.1) is 11.9 Å². The maximum absolute atomic E-state index is 11.8. The van der Waals surface area contributed by atoms with Crippen LogP contribution < -0.4 is 0 Å². The number of rotatable bonds is 5. The molecule has 1 aliphatic heterocycles. The summed E-state index contributed by atoms with van der Waals surface area (Å²) < 4.78 is 11.1. The number of carbonyl (C=O) groups excluding carboxylic acids is 1. The zero-order chi connectivity index (χ0) is 13.9. The van der Waals surface area contributed by atoms with Crippen LogP contribution in [-0.4, -0.2) is 18.0 Å². The lowest BCUT2D eigenvalue weighted by Crippen LogP contribution is -2.35. The first-order valence-electron chi connectivity index (χ1n) is 7.13. The third-order valence-corrected chi connectivity index (χ3v) is 4.02. The number of furan rings is 1. The van der Waals surface area contributed by atoms with Gasteiger partial charge in [-0.05, 0) is 58.1 Å². The Morgan fingerprint density at radius 1 is 1.53 bits per heavy atom. The highest BCUT2D eigenvalue weighted by Crippen LogP contribution is 2.33. The standard InChI is InChI=1S/C16H24O3/c1-12(17)14(10-15-5-4-7-18-15)9-13-6-8-19-16(2,3)11-13/h4-5,7,13-14H,6,8-11H2,1-3H3/t13-,14+/m0/s1. The highest BCUT2D eigenvalue weighted by Gasteiger charge is 2.31. The minimum Gasteiger partial charge on any atom is -0.469 e. The summed E-state index contributed by atoms with van der Waals surface area (Å²) in [5.41, 5.74) is -0.0467. The van der Waals surface area contributed by atoms with Gasteiger partial charge in [-0.2, -0.15) is 0 Å². The van der Waals surface area contributed by atoms with Gasteiger partial charge in [-0.3, -0.25) is 4.79 Å². The van der Waals surface area contributed by atoms with Crippen LogP contribution in [0.1, 0.15) is 45.8 Å². The maximum atomic E-state index is 11.8. The molecule has 1 aromatic heterocycles. The molecule has 3 heteroatoms. The summed E-state index contributed by atoms with van der Waals surface area (Å²) in [4.78, 5) is 11.8. The Bertz CT molecular complexity index is 406. The van der Waals surface area contributed by atoms with Gasteiger partial charge in [0, 0.05) is 18.9 Å². The Balaban J connectivity index is 1.95. The van der Waals surface area contributed by atoms with Crippen molar-refractivity contribution in [2.24, 2.45) is 11.8 Å². The molecule has 19 heavy (non-hydrogen) atoms. The molecule has 0 radical (unpaired) electrons. The van der Waals surface area contributed by atoms with Gasteiger partial charge < -0.3 is 9.15 Å². The summed E-state index contributed by atoms with van der Waals surface area (Å²) in [6.07, 6.45) is 5.44. The second-order valence-electron chi connectivity index (χ2n) is 6.29. The fourth-order valence-electron chi connectivity index (χ4n) is 3.03. The molecule has 0 unspecified atom stereocenters. The number of ether oxygens (including phenoxy) is 1. The first kappa shape index (κ1) is 14.3. The molecule has 0 aromatic carbocycles. The van der Waals surface area contributed by atoms with Gasteiger partial charge in [-0.1, -0.05) is 0 Å². The minimum atomic E-state index is -0.0467. The quantitative estimate of drug-likeness (QED) is 0.815. The molecule has 2 atom stereocenters. The van der Waals surface area contributed by atoms with Gasteiger partial charge in [0.25, 0.3) is 0 Å². The zero-order valence-corrected chi connectivity index (χ0v) is 12.1. The molecule has 0 saturated carbocycles. The third-order valence-electron chi connectivity index (χ3n) is 4.02. The van der Waals surface area contributed by atoms with Crippen molar-refractivity contribution in [2.75, 3.05) is 6.61 Å². The van der Waals surface area contributed by atoms with Crippen molar-refractivity contribution < 1.29 is 13.9 Å². The molecule has 106 valence electrons. The fourth-order valence-corrected chi connectivity index (χ4v) is 3.03. The van der Waals surface area contributed by atoms with E-state index in [1.54, 1.807) is 13.2 Å². The van der Waals surface area contributed by atoms with E-state index < -0.39 is 0 Å². The van der Waals surface area contributed by atoms with E-state index in [1.807, 2.05) is 12.1 Å². The SMILES string of the molecule is CC(=O)[C@@H](Cc1ccco1)C[C@@H]1CCOC(C)(C)C1. The molecule has 0 amide bonds. The summed E-state index contributed by atoms with van der Waals surface area (Å²) >= 11 is 0. The van der Waals surface area contributed by atoms with Crippen molar-refractivity contribution in [1.82, 2.24) is 0 Å². The second kappa shape index (κ2) is 5.91. The van der Waals surface area contributed by atoms with Crippen LogP contribution in [0, 0.1) is 11.8 Å². The Labute approximate surface area is 115 Å². The van der Waals surface area contributed by atoms with E-state index in [0.717, 1.165) is 38.1 Å². The van der Waals surface area contributed by atoms with Crippen LogP contribution in [0.4, 0.5) is 0 Å². The van der Waals surface area contributed by atoms with Gasteiger partial charge in [0.1, 0.15) is 11.5 Å². The highest BCUT2D eigenvalue weighted by molar-refractivity contribution is 5.78. The fraction of sp³-hybridized carbons (Fsp3) is 0.688. The van der Waals surface area contributed by atoms with E-state index in [-0.39, 0.29) is 17.3 Å². The molecule has 0 spiro atoms. The van der Waals surface area contributed by atoms with Crippen molar-refractivity contribution in [3.63, 3.8) is 0 Å². The molecule has 0 aliphatic carbocycles. The lowest BCUT2D eigenvalue weighted by molar-refractivity contribution is -0.122. The van der Waals surface area contributed by atoms with Crippen molar-refractivity contribution in [3.8, 4) is 0 Å². The van der Waals surface area contributed by atoms with Gasteiger partial charge in [-0.15, -0.1) is 0 Å². The van der Waals surface area contributed by atoms with Crippen molar-refractivity contribution in [3.05, 3.63) is 24.2 Å². The molecule has 0 N–H and O–H groups in total. The molecule has 1 fully saturated rings. The molecule has 2 rings (SSSR count). The van der Waals surface area contributed by atoms with Gasteiger partial charge >= 0.3 is 0 Å². The Morgan fingerprint density at radius 3 is 2.89 bits per heavy atom. The van der Waals surface area contributed by atoms with E-state index >= 15 is 0 Å². The molecular formula is C16H24O3. The highest BCUT2D eigenvalue weighted by atomic mass is 16.5. The van der Waals surface area contributed by atoms with Crippen LogP contribution in [-0.2, 0) is 16.0 Å². The molecule has 1 aliphatic rings. The van der Waals surface area contributed by atoms with E-state index in [2.05, 4.69) is 13.8 Å². The van der Waals surface area contributed by atoms with Crippen molar-refractivity contribution >= 4 is 5.78 Å². The van der Waals surface area contributed by atoms with E-state index in [4.69, 9.17) is 9.15 Å². The lowest BCUT2D eigenvalue weighted by atomic mass is 9.80. The van der Waals surface area contributed by atoms with Gasteiger partial charge in [0.15, 0.2) is 0 Å². The molecule has 1 aromatic rings. The number of hydrogen-bond donors (Lipinski definition) is 0.